The van der Waals surface area contributed by atoms with E-state index in [4.69, 9.17) is 16.5 Å². The van der Waals surface area contributed by atoms with Gasteiger partial charge in [-0.15, -0.1) is 0 Å². The third kappa shape index (κ3) is 2.55. The lowest BCUT2D eigenvalue weighted by molar-refractivity contribution is 0.699. The number of hydrogen-bond acceptors (Lipinski definition) is 7. The lowest BCUT2D eigenvalue weighted by atomic mass is 9.92. The van der Waals surface area contributed by atoms with Gasteiger partial charge in [-0.25, -0.2) is 15.0 Å². The number of pyridine rings is 3. The average Bonchev–Trinajstić information content (AvgIpc) is 3.36. The highest BCUT2D eigenvalue weighted by Crippen LogP contribution is 2.44. The summed E-state index contributed by atoms with van der Waals surface area (Å²) >= 11 is 0. The lowest BCUT2D eigenvalue weighted by Gasteiger charge is -2.32. The number of allylic oxidation sites excluding steroid dienone is 2. The highest BCUT2D eigenvalue weighted by atomic mass is 15.3. The molecule has 1 atom stereocenters. The molecule has 0 radical (unpaired) electrons. The van der Waals surface area contributed by atoms with Crippen molar-refractivity contribution in [2.24, 2.45) is 0 Å². The maximum Gasteiger partial charge on any atom is 0.166 e. The van der Waals surface area contributed by atoms with E-state index >= 15 is 0 Å². The molecule has 1 unspecified atom stereocenters. The fourth-order valence-corrected chi connectivity index (χ4v) is 4.00. The predicted octanol–water partition coefficient (Wildman–Crippen LogP) is 3.34. The molecule has 3 aromatic heterocycles. The average molecular weight is 371 g/mol. The molecule has 1 aliphatic carbocycles. The maximum absolute atomic E-state index is 6.26. The number of nitrogens with two attached hydrogens (primary N) is 2. The van der Waals surface area contributed by atoms with Gasteiger partial charge in [-0.2, -0.15) is 0 Å². The smallest absolute Gasteiger partial charge is 0.166 e. The van der Waals surface area contributed by atoms with Crippen LogP contribution >= 0.6 is 0 Å². The van der Waals surface area contributed by atoms with Crippen LogP contribution in [-0.4, -0.2) is 15.0 Å². The summed E-state index contributed by atoms with van der Waals surface area (Å²) in [5, 5.41) is 7.13. The Labute approximate surface area is 162 Å². The van der Waals surface area contributed by atoms with Crippen molar-refractivity contribution in [3.63, 3.8) is 0 Å². The Bertz CT molecular complexity index is 1090. The summed E-state index contributed by atoms with van der Waals surface area (Å²) in [7, 11) is 0. The van der Waals surface area contributed by atoms with Crippen LogP contribution in [0, 0.1) is 0 Å². The van der Waals surface area contributed by atoms with Gasteiger partial charge in [0.1, 0.15) is 11.6 Å². The van der Waals surface area contributed by atoms with Crippen LogP contribution in [0.3, 0.4) is 0 Å². The zero-order valence-corrected chi connectivity index (χ0v) is 15.3. The number of nitrogens with one attached hydrogen (secondary N) is 2. The van der Waals surface area contributed by atoms with E-state index in [1.165, 1.54) is 12.0 Å². The molecule has 0 fully saturated rings. The molecule has 28 heavy (non-hydrogen) atoms. The summed E-state index contributed by atoms with van der Waals surface area (Å²) in [6, 6.07) is 11.7. The van der Waals surface area contributed by atoms with E-state index in [0.29, 0.717) is 11.6 Å². The maximum atomic E-state index is 6.26. The molecule has 0 aromatic carbocycles. The van der Waals surface area contributed by atoms with Crippen molar-refractivity contribution < 1.29 is 0 Å². The number of nitrogen functional groups attached to an aromatic ring is 2. The van der Waals surface area contributed by atoms with Gasteiger partial charge in [-0.1, -0.05) is 6.08 Å². The fraction of sp³-hybridized carbons (Fsp3) is 0.190. The molecule has 0 amide bonds. The minimum absolute atomic E-state index is 0.434. The molecule has 140 valence electrons. The monoisotopic (exact) mass is 371 g/mol. The summed E-state index contributed by atoms with van der Waals surface area (Å²) in [5.41, 5.74) is 16.3. The minimum Gasteiger partial charge on any atom is -0.384 e. The quantitative estimate of drug-likeness (QED) is 0.558. The second kappa shape index (κ2) is 6.23. The minimum atomic E-state index is -0.826. The van der Waals surface area contributed by atoms with Gasteiger partial charge in [0.05, 0.1) is 11.4 Å². The largest absolute Gasteiger partial charge is 0.384 e. The lowest BCUT2D eigenvalue weighted by Crippen LogP contribution is -2.41. The predicted molar refractivity (Wildman–Crippen MR) is 111 cm³/mol. The van der Waals surface area contributed by atoms with Crippen LogP contribution in [0.1, 0.15) is 36.1 Å². The summed E-state index contributed by atoms with van der Waals surface area (Å²) < 4.78 is 0. The summed E-state index contributed by atoms with van der Waals surface area (Å²) in [6.07, 6.45) is 9.01. The Balaban J connectivity index is 1.65. The molecule has 3 aromatic rings. The number of fused-ring (bicyclic) bond motifs is 1. The van der Waals surface area contributed by atoms with Gasteiger partial charge in [0, 0.05) is 23.5 Å². The van der Waals surface area contributed by atoms with E-state index in [0.717, 1.165) is 41.2 Å². The van der Waals surface area contributed by atoms with Crippen LogP contribution in [0.25, 0.3) is 5.57 Å². The van der Waals surface area contributed by atoms with Crippen molar-refractivity contribution in [3.05, 3.63) is 71.7 Å². The van der Waals surface area contributed by atoms with E-state index in [1.54, 1.807) is 12.4 Å². The van der Waals surface area contributed by atoms with Crippen molar-refractivity contribution in [1.29, 1.82) is 0 Å². The second-order valence-electron chi connectivity index (χ2n) is 7.12. The highest BCUT2D eigenvalue weighted by Gasteiger charge is 2.42. The van der Waals surface area contributed by atoms with Gasteiger partial charge >= 0.3 is 0 Å². The van der Waals surface area contributed by atoms with Crippen molar-refractivity contribution in [3.8, 4) is 0 Å². The van der Waals surface area contributed by atoms with Crippen molar-refractivity contribution in [1.82, 2.24) is 15.0 Å². The normalized spacial score (nSPS) is 20.2. The number of anilines is 4. The topological polar surface area (TPSA) is 115 Å². The highest BCUT2D eigenvalue weighted by molar-refractivity contribution is 5.80. The van der Waals surface area contributed by atoms with Gasteiger partial charge in [-0.3, -0.25) is 0 Å². The molecule has 0 saturated carbocycles. The van der Waals surface area contributed by atoms with Crippen molar-refractivity contribution in [2.75, 3.05) is 22.1 Å². The Morgan fingerprint density at radius 1 is 1.00 bits per heavy atom. The SMILES string of the molecule is Nc1cc(C2(c3cccnc3N)Nc3ccc(C4=CCCC4)nc3N2)ccn1. The van der Waals surface area contributed by atoms with Gasteiger partial charge in [0.25, 0.3) is 0 Å². The first-order valence-electron chi connectivity index (χ1n) is 9.35. The zero-order valence-electron chi connectivity index (χ0n) is 15.3. The van der Waals surface area contributed by atoms with E-state index in [-0.39, 0.29) is 0 Å². The molecule has 6 N–H and O–H groups in total. The summed E-state index contributed by atoms with van der Waals surface area (Å²) in [5.74, 6) is 1.65. The van der Waals surface area contributed by atoms with E-state index in [2.05, 4.69) is 38.8 Å². The van der Waals surface area contributed by atoms with Gasteiger partial charge < -0.3 is 22.1 Å². The van der Waals surface area contributed by atoms with Crippen LogP contribution < -0.4 is 22.1 Å². The van der Waals surface area contributed by atoms with Crippen LogP contribution in [0.2, 0.25) is 0 Å². The second-order valence-corrected chi connectivity index (χ2v) is 7.12. The molecule has 1 aliphatic heterocycles. The molecular formula is C21H21N7. The third-order valence-electron chi connectivity index (χ3n) is 5.35. The zero-order chi connectivity index (χ0) is 19.1. The summed E-state index contributed by atoms with van der Waals surface area (Å²) in [6.45, 7) is 0. The first-order valence-corrected chi connectivity index (χ1v) is 9.35. The molecular weight excluding hydrogens is 350 g/mol. The first-order chi connectivity index (χ1) is 13.7. The molecule has 7 heteroatoms. The van der Waals surface area contributed by atoms with Crippen LogP contribution in [0.4, 0.5) is 23.1 Å². The molecule has 0 spiro atoms. The van der Waals surface area contributed by atoms with Crippen LogP contribution in [0.5, 0.6) is 0 Å². The molecule has 4 heterocycles. The van der Waals surface area contributed by atoms with E-state index < -0.39 is 5.66 Å². The molecule has 7 nitrogen and oxygen atoms in total. The molecule has 5 rings (SSSR count). The molecule has 0 saturated heterocycles. The van der Waals surface area contributed by atoms with Crippen molar-refractivity contribution in [2.45, 2.75) is 24.9 Å². The standard InChI is InChI=1S/C21H21N7/c22-18-12-14(9-11-24-18)21(15-6-3-10-25-19(15)23)27-17-8-7-16(26-20(17)28-21)13-4-1-2-5-13/h3-4,6-12,27H,1-2,5H2,(H2,22,24)(H2,23,25)(H,26,28). The number of aromatic nitrogens is 3. The molecule has 2 aliphatic rings. The van der Waals surface area contributed by atoms with E-state index in [9.17, 15) is 0 Å². The van der Waals surface area contributed by atoms with Crippen LogP contribution in [-0.2, 0) is 5.66 Å². The Morgan fingerprint density at radius 2 is 1.93 bits per heavy atom. The van der Waals surface area contributed by atoms with Crippen molar-refractivity contribution >= 4 is 28.7 Å². The number of rotatable bonds is 3. The first kappa shape index (κ1) is 16.6. The number of hydrogen-bond donors (Lipinski definition) is 4. The van der Waals surface area contributed by atoms with E-state index in [1.807, 2.05) is 24.3 Å². The summed E-state index contributed by atoms with van der Waals surface area (Å²) in [4.78, 5) is 13.3. The van der Waals surface area contributed by atoms with Crippen LogP contribution in [0.15, 0.2) is 54.9 Å². The van der Waals surface area contributed by atoms with Gasteiger partial charge in [-0.05, 0) is 61.2 Å². The van der Waals surface area contributed by atoms with Gasteiger partial charge in [0.2, 0.25) is 0 Å². The number of nitrogens with zero attached hydrogens (tertiary/aromatic N) is 3. The third-order valence-corrected chi connectivity index (χ3v) is 5.35. The molecule has 0 bridgehead atoms. The fourth-order valence-electron chi connectivity index (χ4n) is 4.00. The Hall–Kier alpha value is -3.61. The van der Waals surface area contributed by atoms with Gasteiger partial charge in [0.15, 0.2) is 11.5 Å². The Kier molecular flexibility index (Phi) is 3.68. The Morgan fingerprint density at radius 3 is 2.71 bits per heavy atom.